The molecule has 0 aromatic heterocycles. The van der Waals surface area contributed by atoms with Gasteiger partial charge in [-0.2, -0.15) is 0 Å². The zero-order valence-corrected chi connectivity index (χ0v) is 12.0. The quantitative estimate of drug-likeness (QED) is 0.760. The summed E-state index contributed by atoms with van der Waals surface area (Å²) in [4.78, 5) is 13.3. The summed E-state index contributed by atoms with van der Waals surface area (Å²) >= 11 is 5.20. The zero-order valence-electron chi connectivity index (χ0n) is 11.2. The Kier molecular flexibility index (Phi) is 6.78. The van der Waals surface area contributed by atoms with E-state index in [9.17, 15) is 4.79 Å². The lowest BCUT2D eigenvalue weighted by Gasteiger charge is -2.32. The maximum Gasteiger partial charge on any atom is 0.409 e. The topological polar surface area (TPSA) is 53.6 Å². The maximum absolute atomic E-state index is 11.5. The van der Waals surface area contributed by atoms with Crippen LogP contribution in [0.4, 0.5) is 4.79 Å². The normalized spacial score (nSPS) is 16.2. The Hall–Kier alpha value is -1.04. The number of amides is 1. The van der Waals surface area contributed by atoms with Gasteiger partial charge in [0.25, 0.3) is 0 Å². The molecule has 104 valence electrons. The minimum Gasteiger partial charge on any atom is -0.450 e. The molecule has 0 saturated carbocycles. The molecule has 0 radical (unpaired) electrons. The van der Waals surface area contributed by atoms with Gasteiger partial charge in [-0.25, -0.2) is 4.79 Å². The molecular weight excluding hydrogens is 250 g/mol. The van der Waals surface area contributed by atoms with E-state index in [1.165, 1.54) is 0 Å². The standard InChI is InChI=1S/C12H23N3O2S/c1-3-7-13-11(18)14-10-5-8-15(9-6-10)12(16)17-4-2/h10H,3-9H2,1-2H3,(H2,13,14,18). The van der Waals surface area contributed by atoms with Crippen molar-refractivity contribution in [1.82, 2.24) is 15.5 Å². The number of hydrogen-bond donors (Lipinski definition) is 2. The van der Waals surface area contributed by atoms with Crippen LogP contribution in [0.25, 0.3) is 0 Å². The first kappa shape index (κ1) is 15.0. The first-order valence-electron chi connectivity index (χ1n) is 6.63. The largest absolute Gasteiger partial charge is 0.450 e. The Balaban J connectivity index is 2.22. The molecule has 0 aromatic carbocycles. The van der Waals surface area contributed by atoms with Gasteiger partial charge in [0, 0.05) is 25.7 Å². The number of rotatable bonds is 4. The van der Waals surface area contributed by atoms with Crippen molar-refractivity contribution in [2.75, 3.05) is 26.2 Å². The molecule has 1 amide bonds. The van der Waals surface area contributed by atoms with Crippen molar-refractivity contribution in [2.45, 2.75) is 39.2 Å². The third-order valence-electron chi connectivity index (χ3n) is 2.89. The predicted molar refractivity (Wildman–Crippen MR) is 75.6 cm³/mol. The van der Waals surface area contributed by atoms with Crippen molar-refractivity contribution in [1.29, 1.82) is 0 Å². The lowest BCUT2D eigenvalue weighted by molar-refractivity contribution is 0.0963. The minimum absolute atomic E-state index is 0.206. The summed E-state index contributed by atoms with van der Waals surface area (Å²) < 4.78 is 4.98. The summed E-state index contributed by atoms with van der Waals surface area (Å²) in [5.41, 5.74) is 0. The third kappa shape index (κ3) is 5.08. The van der Waals surface area contributed by atoms with Crippen molar-refractivity contribution >= 4 is 23.4 Å². The van der Waals surface area contributed by atoms with Crippen LogP contribution in [-0.2, 0) is 4.74 Å². The van der Waals surface area contributed by atoms with Crippen LogP contribution in [0.15, 0.2) is 0 Å². The number of likely N-dealkylation sites (tertiary alicyclic amines) is 1. The van der Waals surface area contributed by atoms with Gasteiger partial charge >= 0.3 is 6.09 Å². The van der Waals surface area contributed by atoms with Crippen LogP contribution < -0.4 is 10.6 Å². The summed E-state index contributed by atoms with van der Waals surface area (Å²) in [6.45, 7) is 6.72. The van der Waals surface area contributed by atoms with Gasteiger partial charge in [0.2, 0.25) is 0 Å². The third-order valence-corrected chi connectivity index (χ3v) is 3.15. The van der Waals surface area contributed by atoms with Crippen LogP contribution in [0.1, 0.15) is 33.1 Å². The Labute approximate surface area is 114 Å². The van der Waals surface area contributed by atoms with Gasteiger partial charge < -0.3 is 20.3 Å². The molecule has 1 aliphatic heterocycles. The lowest BCUT2D eigenvalue weighted by atomic mass is 10.1. The molecule has 0 atom stereocenters. The molecule has 2 N–H and O–H groups in total. The van der Waals surface area contributed by atoms with Crippen LogP contribution in [-0.4, -0.2) is 48.4 Å². The molecule has 1 saturated heterocycles. The zero-order chi connectivity index (χ0) is 13.4. The highest BCUT2D eigenvalue weighted by Gasteiger charge is 2.23. The van der Waals surface area contributed by atoms with Crippen molar-refractivity contribution in [2.24, 2.45) is 0 Å². The van der Waals surface area contributed by atoms with Gasteiger partial charge in [-0.05, 0) is 38.4 Å². The van der Waals surface area contributed by atoms with Crippen molar-refractivity contribution in [3.05, 3.63) is 0 Å². The van der Waals surface area contributed by atoms with E-state index in [1.54, 1.807) is 4.90 Å². The van der Waals surface area contributed by atoms with Crippen LogP contribution in [0.2, 0.25) is 0 Å². The van der Waals surface area contributed by atoms with E-state index in [-0.39, 0.29) is 6.09 Å². The van der Waals surface area contributed by atoms with Gasteiger partial charge in [0.15, 0.2) is 5.11 Å². The van der Waals surface area contributed by atoms with Gasteiger partial charge in [-0.3, -0.25) is 0 Å². The molecule has 0 unspecified atom stereocenters. The average molecular weight is 273 g/mol. The van der Waals surface area contributed by atoms with E-state index in [4.69, 9.17) is 17.0 Å². The molecule has 1 fully saturated rings. The van der Waals surface area contributed by atoms with Crippen molar-refractivity contribution in [3.63, 3.8) is 0 Å². The second-order valence-corrected chi connectivity index (χ2v) is 4.77. The highest BCUT2D eigenvalue weighted by atomic mass is 32.1. The second-order valence-electron chi connectivity index (χ2n) is 4.36. The van der Waals surface area contributed by atoms with E-state index in [2.05, 4.69) is 17.6 Å². The molecule has 1 aliphatic rings. The Morgan fingerprint density at radius 1 is 1.39 bits per heavy atom. The lowest BCUT2D eigenvalue weighted by Crippen LogP contribution is -2.49. The van der Waals surface area contributed by atoms with E-state index in [0.717, 1.165) is 38.9 Å². The molecule has 6 heteroatoms. The second kappa shape index (κ2) is 8.13. The molecular formula is C12H23N3O2S. The smallest absolute Gasteiger partial charge is 0.409 e. The van der Waals surface area contributed by atoms with Gasteiger partial charge in [0.1, 0.15) is 0 Å². The molecule has 18 heavy (non-hydrogen) atoms. The van der Waals surface area contributed by atoms with E-state index < -0.39 is 0 Å². The van der Waals surface area contributed by atoms with E-state index >= 15 is 0 Å². The van der Waals surface area contributed by atoms with Crippen LogP contribution >= 0.6 is 12.2 Å². The van der Waals surface area contributed by atoms with Gasteiger partial charge in [-0.1, -0.05) is 6.92 Å². The molecule has 0 bridgehead atoms. The first-order valence-corrected chi connectivity index (χ1v) is 7.04. The Morgan fingerprint density at radius 3 is 2.61 bits per heavy atom. The number of carbonyl (C=O) groups excluding carboxylic acids is 1. The molecule has 0 spiro atoms. The highest BCUT2D eigenvalue weighted by molar-refractivity contribution is 7.80. The number of nitrogens with one attached hydrogen (secondary N) is 2. The highest BCUT2D eigenvalue weighted by Crippen LogP contribution is 2.11. The number of nitrogens with zero attached hydrogens (tertiary/aromatic N) is 1. The fourth-order valence-corrected chi connectivity index (χ4v) is 2.16. The Bertz CT molecular complexity index is 278. The number of thiocarbonyl (C=S) groups is 1. The number of carbonyl (C=O) groups is 1. The van der Waals surface area contributed by atoms with Crippen LogP contribution in [0.3, 0.4) is 0 Å². The summed E-state index contributed by atoms with van der Waals surface area (Å²) in [7, 11) is 0. The Morgan fingerprint density at radius 2 is 2.06 bits per heavy atom. The molecule has 5 nitrogen and oxygen atoms in total. The molecule has 0 aromatic rings. The molecule has 0 aliphatic carbocycles. The van der Waals surface area contributed by atoms with Crippen molar-refractivity contribution in [3.8, 4) is 0 Å². The van der Waals surface area contributed by atoms with Crippen LogP contribution in [0.5, 0.6) is 0 Å². The minimum atomic E-state index is -0.206. The van der Waals surface area contributed by atoms with Crippen LogP contribution in [0, 0.1) is 0 Å². The summed E-state index contributed by atoms with van der Waals surface area (Å²) in [6, 6.07) is 0.354. The predicted octanol–water partition coefficient (Wildman–Crippen LogP) is 1.48. The average Bonchev–Trinajstić information content (AvgIpc) is 2.37. The fourth-order valence-electron chi connectivity index (χ4n) is 1.90. The maximum atomic E-state index is 11.5. The molecule has 1 rings (SSSR count). The van der Waals surface area contributed by atoms with E-state index in [0.29, 0.717) is 17.8 Å². The first-order chi connectivity index (χ1) is 8.67. The number of piperidine rings is 1. The molecule has 1 heterocycles. The number of hydrogen-bond acceptors (Lipinski definition) is 3. The van der Waals surface area contributed by atoms with Gasteiger partial charge in [-0.15, -0.1) is 0 Å². The van der Waals surface area contributed by atoms with Crippen molar-refractivity contribution < 1.29 is 9.53 Å². The number of ether oxygens (including phenoxy) is 1. The monoisotopic (exact) mass is 273 g/mol. The fraction of sp³-hybridized carbons (Fsp3) is 0.833. The summed E-state index contributed by atoms with van der Waals surface area (Å²) in [5.74, 6) is 0. The van der Waals surface area contributed by atoms with E-state index in [1.807, 2.05) is 6.92 Å². The van der Waals surface area contributed by atoms with Gasteiger partial charge in [0.05, 0.1) is 6.61 Å². The summed E-state index contributed by atoms with van der Waals surface area (Å²) in [6.07, 6.45) is 2.67. The SMILES string of the molecule is CCCNC(=S)NC1CCN(C(=O)OCC)CC1. The summed E-state index contributed by atoms with van der Waals surface area (Å²) in [5, 5.41) is 7.15.